The maximum atomic E-state index is 12.4. The highest BCUT2D eigenvalue weighted by Gasteiger charge is 2.15. The van der Waals surface area contributed by atoms with E-state index in [1.54, 1.807) is 6.07 Å². The van der Waals surface area contributed by atoms with Gasteiger partial charge in [-0.3, -0.25) is 4.79 Å². The van der Waals surface area contributed by atoms with Crippen LogP contribution in [0.25, 0.3) is 0 Å². The van der Waals surface area contributed by atoms with Crippen LogP contribution < -0.4 is 5.32 Å². The fraction of sp³-hybridized carbons (Fsp3) is 0.0714. The quantitative estimate of drug-likeness (QED) is 0.489. The Balaban J connectivity index is 2.36. The number of amides is 1. The number of rotatable bonds is 2. The smallest absolute Gasteiger partial charge is 0.256 e. The van der Waals surface area contributed by atoms with E-state index in [0.29, 0.717) is 11.3 Å². The van der Waals surface area contributed by atoms with E-state index in [1.165, 1.54) is 0 Å². The zero-order chi connectivity index (χ0) is 14.9. The molecule has 2 rings (SSSR count). The first-order valence-corrected chi connectivity index (χ1v) is 8.78. The van der Waals surface area contributed by atoms with Crippen molar-refractivity contribution in [3.8, 4) is 0 Å². The molecule has 0 spiro atoms. The van der Waals surface area contributed by atoms with Gasteiger partial charge in [-0.1, -0.05) is 28.1 Å². The Morgan fingerprint density at radius 3 is 2.25 bits per heavy atom. The zero-order valence-corrected chi connectivity index (χ0v) is 16.7. The highest BCUT2D eigenvalue weighted by atomic mass is 79.9. The number of aryl methyl sites for hydroxylation is 1. The number of halogens is 4. The minimum Gasteiger partial charge on any atom is -0.320 e. The van der Waals surface area contributed by atoms with Crippen molar-refractivity contribution in [2.24, 2.45) is 0 Å². The van der Waals surface area contributed by atoms with Crippen molar-refractivity contribution in [3.05, 3.63) is 59.3 Å². The molecule has 0 heterocycles. The van der Waals surface area contributed by atoms with Crippen LogP contribution in [-0.2, 0) is 0 Å². The van der Waals surface area contributed by atoms with Gasteiger partial charge in [0.2, 0.25) is 0 Å². The Labute approximate surface area is 150 Å². The van der Waals surface area contributed by atoms with Gasteiger partial charge in [-0.2, -0.15) is 0 Å². The van der Waals surface area contributed by atoms with E-state index in [1.807, 2.05) is 31.2 Å². The fourth-order valence-electron chi connectivity index (χ4n) is 1.67. The van der Waals surface area contributed by atoms with Gasteiger partial charge in [0, 0.05) is 17.9 Å². The van der Waals surface area contributed by atoms with Crippen LogP contribution >= 0.6 is 63.7 Å². The van der Waals surface area contributed by atoms with Gasteiger partial charge in [0.05, 0.1) is 11.3 Å². The summed E-state index contributed by atoms with van der Waals surface area (Å²) in [6, 6.07) is 9.36. The molecular weight excluding hydrogens is 518 g/mol. The molecule has 0 saturated carbocycles. The van der Waals surface area contributed by atoms with Crippen LogP contribution in [0.15, 0.2) is 48.2 Å². The minimum absolute atomic E-state index is 0.163. The highest BCUT2D eigenvalue weighted by Crippen LogP contribution is 2.35. The molecule has 0 aliphatic rings. The van der Waals surface area contributed by atoms with Crippen molar-refractivity contribution in [2.45, 2.75) is 6.92 Å². The predicted octanol–water partition coefficient (Wildman–Crippen LogP) is 6.30. The van der Waals surface area contributed by atoms with Crippen molar-refractivity contribution in [1.82, 2.24) is 0 Å². The van der Waals surface area contributed by atoms with Crippen LogP contribution in [0.5, 0.6) is 0 Å². The van der Waals surface area contributed by atoms with Crippen LogP contribution in [0, 0.1) is 6.92 Å². The SMILES string of the molecule is Cc1cccc(C(=O)Nc2c(Br)cc(Br)cc2Br)c1Br. The monoisotopic (exact) mass is 523 g/mol. The molecule has 0 atom stereocenters. The molecule has 2 aromatic carbocycles. The van der Waals surface area contributed by atoms with Gasteiger partial charge in [0.15, 0.2) is 0 Å². The molecule has 0 aromatic heterocycles. The molecule has 0 aliphatic heterocycles. The average molecular weight is 527 g/mol. The normalized spacial score (nSPS) is 10.4. The number of anilines is 1. The van der Waals surface area contributed by atoms with E-state index in [9.17, 15) is 4.79 Å². The summed E-state index contributed by atoms with van der Waals surface area (Å²) < 4.78 is 3.33. The van der Waals surface area contributed by atoms with E-state index in [0.717, 1.165) is 23.5 Å². The Hall–Kier alpha value is -0.170. The maximum absolute atomic E-state index is 12.4. The van der Waals surface area contributed by atoms with Crippen LogP contribution in [-0.4, -0.2) is 5.91 Å². The summed E-state index contributed by atoms with van der Waals surface area (Å²) in [4.78, 5) is 12.4. The molecule has 2 nitrogen and oxygen atoms in total. The molecule has 0 fully saturated rings. The highest BCUT2D eigenvalue weighted by molar-refractivity contribution is 9.11. The Kier molecular flexibility index (Phi) is 5.45. The molecule has 0 saturated heterocycles. The van der Waals surface area contributed by atoms with Gasteiger partial charge in [-0.15, -0.1) is 0 Å². The summed E-state index contributed by atoms with van der Waals surface area (Å²) in [5.41, 5.74) is 2.32. The van der Waals surface area contributed by atoms with Gasteiger partial charge in [0.1, 0.15) is 0 Å². The number of benzene rings is 2. The molecular formula is C14H9Br4NO. The molecule has 0 unspecified atom stereocenters. The average Bonchev–Trinajstić information content (AvgIpc) is 2.36. The number of hydrogen-bond donors (Lipinski definition) is 1. The first-order chi connectivity index (χ1) is 9.40. The summed E-state index contributed by atoms with van der Waals surface area (Å²) >= 11 is 13.7. The maximum Gasteiger partial charge on any atom is 0.256 e. The van der Waals surface area contributed by atoms with Crippen molar-refractivity contribution in [1.29, 1.82) is 0 Å². The summed E-state index contributed by atoms with van der Waals surface area (Å²) in [6.07, 6.45) is 0. The summed E-state index contributed by atoms with van der Waals surface area (Å²) in [7, 11) is 0. The molecule has 1 N–H and O–H groups in total. The second-order valence-corrected chi connectivity index (χ2v) is 7.55. The third-order valence-corrected chi connectivity index (χ3v) is 5.44. The summed E-state index contributed by atoms with van der Waals surface area (Å²) in [5, 5.41) is 2.91. The molecule has 0 aliphatic carbocycles. The van der Waals surface area contributed by atoms with E-state index in [4.69, 9.17) is 0 Å². The van der Waals surface area contributed by atoms with Crippen molar-refractivity contribution in [2.75, 3.05) is 5.32 Å². The minimum atomic E-state index is -0.163. The Morgan fingerprint density at radius 2 is 1.65 bits per heavy atom. The molecule has 104 valence electrons. The van der Waals surface area contributed by atoms with Crippen molar-refractivity contribution >= 4 is 75.3 Å². The second kappa shape index (κ2) is 6.73. The molecule has 6 heteroatoms. The van der Waals surface area contributed by atoms with Gasteiger partial charge in [0.25, 0.3) is 5.91 Å². The number of hydrogen-bond acceptors (Lipinski definition) is 1. The lowest BCUT2D eigenvalue weighted by atomic mass is 10.1. The van der Waals surface area contributed by atoms with E-state index in [2.05, 4.69) is 69.0 Å². The Bertz CT molecular complexity index is 662. The lowest BCUT2D eigenvalue weighted by Crippen LogP contribution is -2.13. The van der Waals surface area contributed by atoms with Crippen LogP contribution in [0.1, 0.15) is 15.9 Å². The van der Waals surface area contributed by atoms with Crippen LogP contribution in [0.4, 0.5) is 5.69 Å². The zero-order valence-electron chi connectivity index (χ0n) is 10.3. The molecule has 2 aromatic rings. The lowest BCUT2D eigenvalue weighted by Gasteiger charge is -2.12. The number of carbonyl (C=O) groups excluding carboxylic acids is 1. The van der Waals surface area contributed by atoms with Gasteiger partial charge >= 0.3 is 0 Å². The molecule has 0 bridgehead atoms. The lowest BCUT2D eigenvalue weighted by molar-refractivity contribution is 0.102. The van der Waals surface area contributed by atoms with Gasteiger partial charge in [-0.25, -0.2) is 0 Å². The molecule has 0 radical (unpaired) electrons. The number of nitrogens with one attached hydrogen (secondary N) is 1. The van der Waals surface area contributed by atoms with E-state index in [-0.39, 0.29) is 5.91 Å². The van der Waals surface area contributed by atoms with Crippen LogP contribution in [0.2, 0.25) is 0 Å². The third kappa shape index (κ3) is 3.53. The fourth-order valence-corrected chi connectivity index (χ4v) is 4.57. The van der Waals surface area contributed by atoms with Crippen molar-refractivity contribution in [3.63, 3.8) is 0 Å². The summed E-state index contributed by atoms with van der Waals surface area (Å²) in [5.74, 6) is -0.163. The van der Waals surface area contributed by atoms with Crippen LogP contribution in [0.3, 0.4) is 0 Å². The van der Waals surface area contributed by atoms with Gasteiger partial charge in [-0.05, 0) is 78.5 Å². The Morgan fingerprint density at radius 1 is 1.05 bits per heavy atom. The molecule has 1 amide bonds. The van der Waals surface area contributed by atoms with Gasteiger partial charge < -0.3 is 5.32 Å². The first-order valence-electron chi connectivity index (χ1n) is 5.61. The first kappa shape index (κ1) is 16.2. The van der Waals surface area contributed by atoms with E-state index >= 15 is 0 Å². The third-order valence-electron chi connectivity index (χ3n) is 2.68. The topological polar surface area (TPSA) is 29.1 Å². The second-order valence-electron chi connectivity index (χ2n) is 4.14. The van der Waals surface area contributed by atoms with Crippen molar-refractivity contribution < 1.29 is 4.79 Å². The predicted molar refractivity (Wildman–Crippen MR) is 96.4 cm³/mol. The summed E-state index contributed by atoms with van der Waals surface area (Å²) in [6.45, 7) is 1.95. The largest absolute Gasteiger partial charge is 0.320 e. The molecule has 20 heavy (non-hydrogen) atoms. The standard InChI is InChI=1S/C14H9Br4NO/c1-7-3-2-4-9(12(7)18)14(20)19-13-10(16)5-8(15)6-11(13)17/h2-6H,1H3,(H,19,20). The van der Waals surface area contributed by atoms with E-state index < -0.39 is 0 Å². The number of carbonyl (C=O) groups is 1.